The highest BCUT2D eigenvalue weighted by atomic mass is 32.2. The molecule has 0 spiro atoms. The lowest BCUT2D eigenvalue weighted by atomic mass is 9.88. The van der Waals surface area contributed by atoms with E-state index in [1.54, 1.807) is 11.1 Å². The number of hydrogen-bond acceptors (Lipinski definition) is 3. The molecular formula is C17H26N2S. The predicted octanol–water partition coefficient (Wildman–Crippen LogP) is 2.74. The molecule has 1 N–H and O–H groups in total. The van der Waals surface area contributed by atoms with Gasteiger partial charge in [-0.15, -0.1) is 0 Å². The van der Waals surface area contributed by atoms with Crippen LogP contribution >= 0.6 is 11.8 Å². The zero-order valence-corrected chi connectivity index (χ0v) is 13.1. The molecule has 2 saturated heterocycles. The van der Waals surface area contributed by atoms with Crippen LogP contribution in [-0.4, -0.2) is 49.1 Å². The topological polar surface area (TPSA) is 15.3 Å². The van der Waals surface area contributed by atoms with Crippen LogP contribution in [0.3, 0.4) is 0 Å². The first-order valence-electron chi connectivity index (χ1n) is 8.02. The third kappa shape index (κ3) is 3.78. The molecule has 0 unspecified atom stereocenters. The molecule has 0 radical (unpaired) electrons. The summed E-state index contributed by atoms with van der Waals surface area (Å²) in [4.78, 5) is 2.60. The van der Waals surface area contributed by atoms with Crippen LogP contribution in [0.1, 0.15) is 29.9 Å². The Kier molecular flexibility index (Phi) is 5.40. The van der Waals surface area contributed by atoms with Gasteiger partial charge in [0, 0.05) is 32.7 Å². The SMILES string of the molecule is c1ccc(C2CCSCC2)c(CCN2CCNCC2)c1. The van der Waals surface area contributed by atoms with Gasteiger partial charge in [0.05, 0.1) is 0 Å². The van der Waals surface area contributed by atoms with Crippen LogP contribution < -0.4 is 5.32 Å². The molecule has 0 aliphatic carbocycles. The summed E-state index contributed by atoms with van der Waals surface area (Å²) in [6.45, 7) is 5.95. The predicted molar refractivity (Wildman–Crippen MR) is 88.8 cm³/mol. The zero-order chi connectivity index (χ0) is 13.6. The molecule has 110 valence electrons. The van der Waals surface area contributed by atoms with Gasteiger partial charge >= 0.3 is 0 Å². The average Bonchev–Trinajstić information content (AvgIpc) is 2.55. The number of piperazine rings is 1. The number of nitrogens with one attached hydrogen (secondary N) is 1. The van der Waals surface area contributed by atoms with Crippen molar-refractivity contribution in [3.8, 4) is 0 Å². The molecule has 1 aromatic carbocycles. The fourth-order valence-corrected chi connectivity index (χ4v) is 4.49. The fourth-order valence-electron chi connectivity index (χ4n) is 3.38. The van der Waals surface area contributed by atoms with E-state index >= 15 is 0 Å². The van der Waals surface area contributed by atoms with E-state index in [-0.39, 0.29) is 0 Å². The van der Waals surface area contributed by atoms with Gasteiger partial charge in [-0.2, -0.15) is 11.8 Å². The smallest absolute Gasteiger partial charge is 0.0108 e. The number of hydrogen-bond donors (Lipinski definition) is 1. The normalized spacial score (nSPS) is 22.0. The van der Waals surface area contributed by atoms with Gasteiger partial charge in [0.1, 0.15) is 0 Å². The molecule has 2 fully saturated rings. The maximum Gasteiger partial charge on any atom is 0.0108 e. The average molecular weight is 290 g/mol. The summed E-state index contributed by atoms with van der Waals surface area (Å²) in [7, 11) is 0. The van der Waals surface area contributed by atoms with Gasteiger partial charge < -0.3 is 10.2 Å². The summed E-state index contributed by atoms with van der Waals surface area (Å²) in [5.41, 5.74) is 3.24. The highest BCUT2D eigenvalue weighted by molar-refractivity contribution is 7.99. The van der Waals surface area contributed by atoms with Crippen LogP contribution in [0.25, 0.3) is 0 Å². The molecule has 2 nitrogen and oxygen atoms in total. The highest BCUT2D eigenvalue weighted by Crippen LogP contribution is 2.33. The quantitative estimate of drug-likeness (QED) is 0.918. The Morgan fingerprint density at radius 2 is 1.85 bits per heavy atom. The van der Waals surface area contributed by atoms with Crippen molar-refractivity contribution >= 4 is 11.8 Å². The van der Waals surface area contributed by atoms with Gasteiger partial charge in [0.2, 0.25) is 0 Å². The minimum absolute atomic E-state index is 0.815. The van der Waals surface area contributed by atoms with Gasteiger partial charge in [-0.25, -0.2) is 0 Å². The van der Waals surface area contributed by atoms with Crippen molar-refractivity contribution in [2.24, 2.45) is 0 Å². The van der Waals surface area contributed by atoms with Crippen molar-refractivity contribution < 1.29 is 0 Å². The van der Waals surface area contributed by atoms with Crippen molar-refractivity contribution in [3.05, 3.63) is 35.4 Å². The Bertz CT molecular complexity index is 409. The summed E-state index contributed by atoms with van der Waals surface area (Å²) in [6.07, 6.45) is 3.96. The third-order valence-electron chi connectivity index (χ3n) is 4.62. The minimum Gasteiger partial charge on any atom is -0.314 e. The van der Waals surface area contributed by atoms with E-state index in [0.29, 0.717) is 0 Å². The summed E-state index contributed by atoms with van der Waals surface area (Å²) >= 11 is 2.12. The molecule has 3 rings (SSSR count). The van der Waals surface area contributed by atoms with E-state index in [9.17, 15) is 0 Å². The first-order chi connectivity index (χ1) is 9.93. The molecule has 0 aromatic heterocycles. The molecule has 0 bridgehead atoms. The minimum atomic E-state index is 0.815. The Morgan fingerprint density at radius 1 is 1.10 bits per heavy atom. The number of benzene rings is 1. The summed E-state index contributed by atoms with van der Waals surface area (Å²) in [5, 5.41) is 3.43. The number of rotatable bonds is 4. The van der Waals surface area contributed by atoms with Crippen molar-refractivity contribution in [2.75, 3.05) is 44.2 Å². The lowest BCUT2D eigenvalue weighted by molar-refractivity contribution is 0.243. The second-order valence-corrected chi connectivity index (χ2v) is 7.15. The molecule has 20 heavy (non-hydrogen) atoms. The first kappa shape index (κ1) is 14.4. The second-order valence-electron chi connectivity index (χ2n) is 5.93. The highest BCUT2D eigenvalue weighted by Gasteiger charge is 2.18. The Balaban J connectivity index is 1.62. The first-order valence-corrected chi connectivity index (χ1v) is 9.17. The lowest BCUT2D eigenvalue weighted by Gasteiger charge is -2.28. The number of nitrogens with zero attached hydrogens (tertiary/aromatic N) is 1. The van der Waals surface area contributed by atoms with E-state index in [1.165, 1.54) is 50.4 Å². The van der Waals surface area contributed by atoms with E-state index in [2.05, 4.69) is 46.2 Å². The molecule has 0 amide bonds. The maximum atomic E-state index is 3.43. The largest absolute Gasteiger partial charge is 0.314 e. The standard InChI is InChI=1S/C17H26N2S/c1-2-4-17(16-6-13-20-14-7-16)15(3-1)5-10-19-11-8-18-9-12-19/h1-4,16,18H,5-14H2. The lowest BCUT2D eigenvalue weighted by Crippen LogP contribution is -2.44. The van der Waals surface area contributed by atoms with E-state index in [0.717, 1.165) is 19.0 Å². The van der Waals surface area contributed by atoms with Gasteiger partial charge in [-0.3, -0.25) is 0 Å². The van der Waals surface area contributed by atoms with Gasteiger partial charge in [0.25, 0.3) is 0 Å². The van der Waals surface area contributed by atoms with Crippen LogP contribution in [0.4, 0.5) is 0 Å². The zero-order valence-electron chi connectivity index (χ0n) is 12.3. The van der Waals surface area contributed by atoms with E-state index in [1.807, 2.05) is 0 Å². The molecular weight excluding hydrogens is 264 g/mol. The van der Waals surface area contributed by atoms with E-state index in [4.69, 9.17) is 0 Å². The molecule has 2 aliphatic rings. The number of thioether (sulfide) groups is 1. The maximum absolute atomic E-state index is 3.43. The van der Waals surface area contributed by atoms with Crippen LogP contribution in [-0.2, 0) is 6.42 Å². The fraction of sp³-hybridized carbons (Fsp3) is 0.647. The molecule has 1 aromatic rings. The van der Waals surface area contributed by atoms with Crippen LogP contribution in [0.5, 0.6) is 0 Å². The Morgan fingerprint density at radius 3 is 2.65 bits per heavy atom. The molecule has 2 aliphatic heterocycles. The van der Waals surface area contributed by atoms with Crippen LogP contribution in [0, 0.1) is 0 Å². The van der Waals surface area contributed by atoms with Crippen LogP contribution in [0.2, 0.25) is 0 Å². The summed E-state index contributed by atoms with van der Waals surface area (Å²) < 4.78 is 0. The van der Waals surface area contributed by atoms with Crippen LogP contribution in [0.15, 0.2) is 24.3 Å². The van der Waals surface area contributed by atoms with Gasteiger partial charge in [-0.05, 0) is 47.8 Å². The molecule has 2 heterocycles. The monoisotopic (exact) mass is 290 g/mol. The van der Waals surface area contributed by atoms with Gasteiger partial charge in [0.15, 0.2) is 0 Å². The van der Waals surface area contributed by atoms with Crippen molar-refractivity contribution in [3.63, 3.8) is 0 Å². The van der Waals surface area contributed by atoms with Crippen molar-refractivity contribution in [1.82, 2.24) is 10.2 Å². The summed E-state index contributed by atoms with van der Waals surface area (Å²) in [6, 6.07) is 9.19. The van der Waals surface area contributed by atoms with Gasteiger partial charge in [-0.1, -0.05) is 24.3 Å². The Labute approximate surface area is 127 Å². The molecule has 3 heteroatoms. The second kappa shape index (κ2) is 7.48. The molecule has 0 saturated carbocycles. The summed E-state index contributed by atoms with van der Waals surface area (Å²) in [5.74, 6) is 3.50. The molecule has 0 atom stereocenters. The Hall–Kier alpha value is -0.510. The van der Waals surface area contributed by atoms with E-state index < -0.39 is 0 Å². The van der Waals surface area contributed by atoms with Crippen molar-refractivity contribution in [2.45, 2.75) is 25.2 Å². The third-order valence-corrected chi connectivity index (χ3v) is 5.67. The van der Waals surface area contributed by atoms with Crippen molar-refractivity contribution in [1.29, 1.82) is 0 Å².